The van der Waals surface area contributed by atoms with Crippen LogP contribution in [0.3, 0.4) is 0 Å². The molecule has 0 aliphatic carbocycles. The summed E-state index contributed by atoms with van der Waals surface area (Å²) in [4.78, 5) is 89.3. The quantitative estimate of drug-likeness (QED) is 0.0275. The zero-order valence-corrected chi connectivity index (χ0v) is 75.7. The molecule has 0 bridgehead atoms. The molecule has 0 aromatic rings. The monoisotopic (exact) mass is 2060 g/mol. The molecule has 35 N–H and O–H groups in total. The van der Waals surface area contributed by atoms with Gasteiger partial charge in [0.2, 0.25) is 35.4 Å². The second kappa shape index (κ2) is 50.6. The number of hydrogen-bond donors (Lipinski definition) is 35. The van der Waals surface area contributed by atoms with E-state index in [4.69, 9.17) is 99.5 Å². The highest BCUT2D eigenvalue weighted by Gasteiger charge is 2.63. The van der Waals surface area contributed by atoms with Crippen LogP contribution in [0, 0.1) is 0 Å². The van der Waals surface area contributed by atoms with Gasteiger partial charge in [0, 0.05) is 41.5 Å². The third-order valence-electron chi connectivity index (χ3n) is 25.3. The van der Waals surface area contributed by atoms with Crippen LogP contribution in [0.2, 0.25) is 0 Å². The Kier molecular flexibility index (Phi) is 41.5. The molecule has 0 aromatic heterocycles. The molecular formula is C78H128N6O57. The minimum Gasteiger partial charge on any atom is -0.479 e. The summed E-state index contributed by atoms with van der Waals surface area (Å²) in [5.74, 6) is -7.61. The van der Waals surface area contributed by atoms with Crippen molar-refractivity contribution in [1.29, 1.82) is 0 Å². The van der Waals surface area contributed by atoms with E-state index in [0.717, 1.165) is 41.5 Å². The Labute approximate surface area is 797 Å². The van der Waals surface area contributed by atoms with Crippen LogP contribution in [-0.2, 0) is 133 Å². The van der Waals surface area contributed by atoms with Gasteiger partial charge in [-0.1, -0.05) is 0 Å². The highest BCUT2D eigenvalue weighted by Crippen LogP contribution is 2.42. The van der Waals surface area contributed by atoms with Crippen molar-refractivity contribution in [3.8, 4) is 0 Å². The zero-order valence-electron chi connectivity index (χ0n) is 75.7. The second-order valence-electron chi connectivity index (χ2n) is 35.3. The first-order valence-electron chi connectivity index (χ1n) is 44.6. The first-order chi connectivity index (χ1) is 66.6. The number of aliphatic hydroxyl groups is 28. The summed E-state index contributed by atoms with van der Waals surface area (Å²) in [5, 5.41) is 343. The lowest BCUT2D eigenvalue weighted by molar-refractivity contribution is -0.403. The number of hydrogen-bond acceptors (Lipinski definition) is 56. The molecule has 11 rings (SSSR count). The Morgan fingerprint density at radius 1 is 0.206 bits per heavy atom. The molecule has 0 saturated carbocycles. The average molecular weight is 2060 g/mol. The van der Waals surface area contributed by atoms with Crippen molar-refractivity contribution >= 4 is 41.4 Å². The molecule has 11 heterocycles. The van der Waals surface area contributed by atoms with Gasteiger partial charge in [0.15, 0.2) is 75.3 Å². The molecule has 6 amide bonds. The van der Waals surface area contributed by atoms with Gasteiger partial charge in [-0.15, -0.1) is 0 Å². The number of aliphatic hydroxyl groups excluding tert-OH is 28. The Hall–Kier alpha value is -5.67. The molecule has 55 atom stereocenters. The minimum atomic E-state index is -2.75. The lowest BCUT2D eigenvalue weighted by Gasteiger charge is -2.52. The summed E-state index contributed by atoms with van der Waals surface area (Å²) >= 11 is 0. The molecule has 812 valence electrons. The fraction of sp³-hybridized carbons (Fsp3) is 0.910. The topological polar surface area (TPSA) is 972 Å². The van der Waals surface area contributed by atoms with Gasteiger partial charge in [-0.25, -0.2) is 4.79 Å². The van der Waals surface area contributed by atoms with Crippen LogP contribution >= 0.6 is 0 Å². The molecule has 11 aliphatic rings. The fourth-order valence-corrected chi connectivity index (χ4v) is 18.1. The smallest absolute Gasteiger partial charge is 0.335 e. The number of amides is 6. The molecule has 0 radical (unpaired) electrons. The number of aliphatic carboxylic acids is 1. The van der Waals surface area contributed by atoms with E-state index in [2.05, 4.69) is 31.9 Å². The molecule has 0 spiro atoms. The van der Waals surface area contributed by atoms with Gasteiger partial charge in [0.25, 0.3) is 0 Å². The second-order valence-corrected chi connectivity index (χ2v) is 35.3. The van der Waals surface area contributed by atoms with Crippen molar-refractivity contribution in [3.05, 3.63) is 0 Å². The third-order valence-corrected chi connectivity index (χ3v) is 25.3. The summed E-state index contributed by atoms with van der Waals surface area (Å²) in [6.45, 7) is -6.43. The maximum absolute atomic E-state index is 13.4. The molecule has 63 heteroatoms. The summed E-state index contributed by atoms with van der Waals surface area (Å²) in [6, 6.07) is -11.5. The van der Waals surface area contributed by atoms with Crippen LogP contribution in [-0.4, -0.2) is 593 Å². The number of carbonyl (C=O) groups is 7. The predicted octanol–water partition coefficient (Wildman–Crippen LogP) is -24.0. The minimum absolute atomic E-state index is 0.838. The maximum atomic E-state index is 13.4. The summed E-state index contributed by atoms with van der Waals surface area (Å²) in [6.07, 6.45) is -109. The van der Waals surface area contributed by atoms with Gasteiger partial charge in [0.05, 0.1) is 66.1 Å². The van der Waals surface area contributed by atoms with Crippen molar-refractivity contribution in [3.63, 3.8) is 0 Å². The average Bonchev–Trinajstić information content (AvgIpc) is 0.762. The summed E-state index contributed by atoms with van der Waals surface area (Å²) < 4.78 is 126. The molecule has 11 fully saturated rings. The van der Waals surface area contributed by atoms with Gasteiger partial charge in [-0.3, -0.25) is 28.8 Å². The highest BCUT2D eigenvalue weighted by molar-refractivity contribution is 5.76. The molecule has 11 saturated heterocycles. The largest absolute Gasteiger partial charge is 0.479 e. The molecule has 141 heavy (non-hydrogen) atoms. The van der Waals surface area contributed by atoms with Gasteiger partial charge >= 0.3 is 5.97 Å². The van der Waals surface area contributed by atoms with Crippen LogP contribution in [0.4, 0.5) is 0 Å². The molecular weight excluding hydrogens is 1930 g/mol. The Morgan fingerprint density at radius 2 is 0.454 bits per heavy atom. The maximum Gasteiger partial charge on any atom is 0.335 e. The standard InChI is InChI=1S/C78H128N6O57/c1-17(93)79-33-48(108)58(27(11-89)123-68(33)120)133-72-37(83-21(5)97)49(109)60(28(12-90)128-72)136-76-57(117)63(138-78-66(141-71-36(82-20(4)96)47(107)41(101)25(9-87)126-71)55(115)61(30(14-92)130-78)134-70-35(81-19(3)95)46(106)40(100)24(8-86)125-70)44(104)32(131-76)16-122-77-65(52(112)42(102)31(132-77)15-121-69-34(80-18(2)94)45(105)39(99)23(7-85)124-69)140-73-38(84-22(6)98)50(110)59(29(13-91)129-73)135-75-56(116)62(43(103)26(10-88)127-75)137-74-54(114)51(111)53(113)64(139-74)67(118)119/h23-66,68-78,85-92,99-117,120H,7-16H2,1-6H3,(H,79,93)(H,80,94)(H,81,95)(H,82,96)(H,83,97)(H,84,98)(H,118,119)/t23-,24-,25-,26-,27-,28-,29-,30-,31-,32-,33-,34-,35-,36-,37-,38-,39-,40-,41-,42-,43+,44-,45-,46-,47-,48-,49-,50-,51+,52+,53+,54-,55+,56-,57+,58-,59-,60-,61-,62+,63+,64+,65+,66+,68-,69-,70+,71+,72+,73+,74-,75+,76+,77+,78-/m1/s1. The number of carboxylic acid groups (broad SMARTS) is 1. The van der Waals surface area contributed by atoms with Crippen LogP contribution < -0.4 is 31.9 Å². The van der Waals surface area contributed by atoms with E-state index >= 15 is 0 Å². The van der Waals surface area contributed by atoms with Crippen molar-refractivity contribution in [2.24, 2.45) is 0 Å². The van der Waals surface area contributed by atoms with Crippen molar-refractivity contribution in [2.75, 3.05) is 66.1 Å². The Balaban J connectivity index is 0.987. The Bertz CT molecular complexity index is 4010. The van der Waals surface area contributed by atoms with Gasteiger partial charge < -0.3 is 279 Å². The number of ether oxygens (including phenoxy) is 21. The van der Waals surface area contributed by atoms with Gasteiger partial charge in [-0.2, -0.15) is 0 Å². The van der Waals surface area contributed by atoms with Crippen molar-refractivity contribution in [2.45, 2.75) is 379 Å². The Morgan fingerprint density at radius 3 is 0.844 bits per heavy atom. The third kappa shape index (κ3) is 26.1. The van der Waals surface area contributed by atoms with E-state index in [1.165, 1.54) is 0 Å². The van der Waals surface area contributed by atoms with E-state index in [1.807, 2.05) is 0 Å². The molecule has 11 aliphatic heterocycles. The fourth-order valence-electron chi connectivity index (χ4n) is 18.1. The number of carboxylic acids is 1. The molecule has 0 unspecified atom stereocenters. The van der Waals surface area contributed by atoms with Crippen molar-refractivity contribution in [1.82, 2.24) is 31.9 Å². The SMILES string of the molecule is CC(=O)N[C@@H]1[C@@H](O)[C@H](O[C@@H]2O[C@H](CO)[C@@H](O[C@@H]3O[C@H](CO[C@H]4O[C@H](CO[C@@H]5O[C@H](CO)[C@@H](O)[C@H](O)[C@H]5NC(C)=O)[C@@H](O)[C@H](O)[C@@H]4O[C@@H]4O[C@H](CO)[C@@H](O[C@@H]5O[C@H](CO)[C@H](O)[C@H](O[C@@H]6O[C@H](C(=O)O)[C@@H](O)[C@H](O)[C@H]6O)[C@H]5O)[C@H](O)[C@H]4NC(C)=O)[C@@H](O)[C@H](O[C@H]4O[C@H](CO)[C@@H](O[C@@H]5O[C@H](CO)[C@@H](O)[C@H](O)[C@H]5NC(C)=O)[C@H](O)[C@@H]4O[C@@H]4O[C@H](CO)[C@@H](O)[C@H](O)[C@H]4NC(C)=O)[C@@H]3O)[C@H](O)[C@H]2NC(C)=O)[C@@H](CO)O[C@H]1O. The van der Waals surface area contributed by atoms with Crippen LogP contribution in [0.25, 0.3) is 0 Å². The number of rotatable bonds is 37. The molecule has 63 nitrogen and oxygen atoms in total. The van der Waals surface area contributed by atoms with Crippen molar-refractivity contribution < 1.29 is 281 Å². The van der Waals surface area contributed by atoms with Crippen LogP contribution in [0.5, 0.6) is 0 Å². The first kappa shape index (κ1) is 116. The van der Waals surface area contributed by atoms with Gasteiger partial charge in [0.1, 0.15) is 262 Å². The van der Waals surface area contributed by atoms with Gasteiger partial charge in [-0.05, 0) is 0 Å². The van der Waals surface area contributed by atoms with E-state index in [-0.39, 0.29) is 0 Å². The lowest BCUT2D eigenvalue weighted by atomic mass is 9.93. The summed E-state index contributed by atoms with van der Waals surface area (Å²) in [7, 11) is 0. The van der Waals surface area contributed by atoms with E-state index in [9.17, 15) is 182 Å². The zero-order chi connectivity index (χ0) is 104. The van der Waals surface area contributed by atoms with E-state index in [0.29, 0.717) is 0 Å². The lowest BCUT2D eigenvalue weighted by Crippen LogP contribution is -2.71. The van der Waals surface area contributed by atoms with E-state index < -0.39 is 445 Å². The first-order valence-corrected chi connectivity index (χ1v) is 44.6. The summed E-state index contributed by atoms with van der Waals surface area (Å²) in [5.41, 5.74) is 0. The highest BCUT2D eigenvalue weighted by atomic mass is 16.8. The predicted molar refractivity (Wildman–Crippen MR) is 432 cm³/mol. The number of nitrogens with one attached hydrogen (secondary N) is 6. The van der Waals surface area contributed by atoms with E-state index in [1.54, 1.807) is 0 Å². The number of carbonyl (C=O) groups excluding carboxylic acids is 6. The normalized spacial score (nSPS) is 47.8. The van der Waals surface area contributed by atoms with Crippen LogP contribution in [0.1, 0.15) is 41.5 Å². The van der Waals surface area contributed by atoms with Crippen LogP contribution in [0.15, 0.2) is 0 Å². The molecule has 0 aromatic carbocycles.